The van der Waals surface area contributed by atoms with Crippen molar-refractivity contribution in [3.8, 4) is 0 Å². The molecule has 2 N–H and O–H groups in total. The van der Waals surface area contributed by atoms with E-state index in [1.165, 1.54) is 6.42 Å². The van der Waals surface area contributed by atoms with Gasteiger partial charge in [0.1, 0.15) is 0 Å². The van der Waals surface area contributed by atoms with Gasteiger partial charge in [-0.3, -0.25) is 4.79 Å². The Labute approximate surface area is 103 Å². The molecule has 1 aliphatic carbocycles. The summed E-state index contributed by atoms with van der Waals surface area (Å²) < 4.78 is 5.56. The van der Waals surface area contributed by atoms with Crippen molar-refractivity contribution in [3.05, 3.63) is 0 Å². The van der Waals surface area contributed by atoms with E-state index in [-0.39, 0.29) is 18.1 Å². The fourth-order valence-electron chi connectivity index (χ4n) is 2.89. The van der Waals surface area contributed by atoms with E-state index in [0.29, 0.717) is 12.3 Å². The van der Waals surface area contributed by atoms with Gasteiger partial charge in [-0.2, -0.15) is 0 Å². The summed E-state index contributed by atoms with van der Waals surface area (Å²) >= 11 is 0. The Morgan fingerprint density at radius 1 is 1.41 bits per heavy atom. The summed E-state index contributed by atoms with van der Waals surface area (Å²) in [4.78, 5) is 14.2. The van der Waals surface area contributed by atoms with Crippen LogP contribution in [0.15, 0.2) is 0 Å². The van der Waals surface area contributed by atoms with Gasteiger partial charge in [0.15, 0.2) is 0 Å². The lowest BCUT2D eigenvalue weighted by atomic mass is 9.99. The van der Waals surface area contributed by atoms with Crippen molar-refractivity contribution in [2.45, 2.75) is 51.2 Å². The molecular weight excluding hydrogens is 216 g/mol. The second kappa shape index (κ2) is 5.83. The standard InChI is InChI=1S/C13H24N2O2/c1-10-9-15(6-3-7-17-10)13(16)8-11-4-2-5-12(11)14/h10-12H,2-9,14H2,1H3/t10?,11-,12+/m0/s1. The molecule has 1 amide bonds. The molecule has 17 heavy (non-hydrogen) atoms. The molecule has 1 saturated carbocycles. The molecule has 0 bridgehead atoms. The first-order valence-electron chi connectivity index (χ1n) is 6.82. The van der Waals surface area contributed by atoms with Gasteiger partial charge in [0, 0.05) is 32.2 Å². The fourth-order valence-corrected chi connectivity index (χ4v) is 2.89. The lowest BCUT2D eigenvalue weighted by Crippen LogP contribution is -2.38. The third-order valence-electron chi connectivity index (χ3n) is 3.96. The zero-order valence-corrected chi connectivity index (χ0v) is 10.7. The van der Waals surface area contributed by atoms with E-state index >= 15 is 0 Å². The third-order valence-corrected chi connectivity index (χ3v) is 3.96. The maximum atomic E-state index is 12.2. The van der Waals surface area contributed by atoms with E-state index < -0.39 is 0 Å². The zero-order chi connectivity index (χ0) is 12.3. The quantitative estimate of drug-likeness (QED) is 0.787. The number of nitrogens with zero attached hydrogens (tertiary/aromatic N) is 1. The predicted octanol–water partition coefficient (Wildman–Crippen LogP) is 1.14. The van der Waals surface area contributed by atoms with E-state index in [1.54, 1.807) is 0 Å². The molecule has 0 spiro atoms. The first-order valence-corrected chi connectivity index (χ1v) is 6.82. The van der Waals surface area contributed by atoms with Crippen LogP contribution < -0.4 is 5.73 Å². The number of amides is 1. The van der Waals surface area contributed by atoms with Crippen LogP contribution in [0, 0.1) is 5.92 Å². The highest BCUT2D eigenvalue weighted by molar-refractivity contribution is 5.76. The Kier molecular flexibility index (Phi) is 4.40. The lowest BCUT2D eigenvalue weighted by molar-refractivity contribution is -0.133. The Morgan fingerprint density at radius 2 is 2.24 bits per heavy atom. The molecule has 2 rings (SSSR count). The number of hydrogen-bond donors (Lipinski definition) is 1. The number of ether oxygens (including phenoxy) is 1. The number of nitrogens with two attached hydrogens (primary N) is 1. The van der Waals surface area contributed by atoms with Gasteiger partial charge in [0.05, 0.1) is 6.10 Å². The average molecular weight is 240 g/mol. The molecule has 1 heterocycles. The van der Waals surface area contributed by atoms with Crippen molar-refractivity contribution < 1.29 is 9.53 Å². The minimum atomic E-state index is 0.165. The van der Waals surface area contributed by atoms with E-state index in [9.17, 15) is 4.79 Å². The Morgan fingerprint density at radius 3 is 2.94 bits per heavy atom. The van der Waals surface area contributed by atoms with Crippen molar-refractivity contribution in [3.63, 3.8) is 0 Å². The SMILES string of the molecule is CC1CN(C(=O)C[C@@H]2CCC[C@H]2N)CCCO1. The Bertz CT molecular complexity index is 270. The highest BCUT2D eigenvalue weighted by Gasteiger charge is 2.28. The predicted molar refractivity (Wildman–Crippen MR) is 66.5 cm³/mol. The first-order chi connectivity index (χ1) is 8.16. The molecule has 0 radical (unpaired) electrons. The largest absolute Gasteiger partial charge is 0.377 e. The molecular formula is C13H24N2O2. The van der Waals surface area contributed by atoms with Crippen LogP contribution in [0.1, 0.15) is 39.0 Å². The van der Waals surface area contributed by atoms with Gasteiger partial charge in [-0.25, -0.2) is 0 Å². The normalized spacial score (nSPS) is 34.7. The van der Waals surface area contributed by atoms with Crippen LogP contribution in [0.2, 0.25) is 0 Å². The summed E-state index contributed by atoms with van der Waals surface area (Å²) in [5.41, 5.74) is 6.02. The molecule has 1 aliphatic heterocycles. The van der Waals surface area contributed by atoms with Gasteiger partial charge in [-0.15, -0.1) is 0 Å². The van der Waals surface area contributed by atoms with Crippen molar-refractivity contribution in [1.29, 1.82) is 0 Å². The highest BCUT2D eigenvalue weighted by atomic mass is 16.5. The van der Waals surface area contributed by atoms with E-state index in [1.807, 2.05) is 11.8 Å². The molecule has 0 aromatic rings. The van der Waals surface area contributed by atoms with Gasteiger partial charge in [-0.1, -0.05) is 6.42 Å². The molecule has 2 fully saturated rings. The topological polar surface area (TPSA) is 55.6 Å². The van der Waals surface area contributed by atoms with Crippen molar-refractivity contribution in [2.24, 2.45) is 11.7 Å². The van der Waals surface area contributed by atoms with Gasteiger partial charge < -0.3 is 15.4 Å². The summed E-state index contributed by atoms with van der Waals surface area (Å²) in [6.07, 6.45) is 5.13. The summed E-state index contributed by atoms with van der Waals surface area (Å²) in [5, 5.41) is 0. The molecule has 0 aromatic carbocycles. The Balaban J connectivity index is 1.85. The molecule has 0 aromatic heterocycles. The molecule has 4 nitrogen and oxygen atoms in total. The number of carbonyl (C=O) groups excluding carboxylic acids is 1. The number of rotatable bonds is 2. The van der Waals surface area contributed by atoms with Crippen LogP contribution in [-0.4, -0.2) is 42.6 Å². The summed E-state index contributed by atoms with van der Waals surface area (Å²) in [6.45, 7) is 4.38. The highest BCUT2D eigenvalue weighted by Crippen LogP contribution is 2.27. The zero-order valence-electron chi connectivity index (χ0n) is 10.7. The number of hydrogen-bond acceptors (Lipinski definition) is 3. The van der Waals surface area contributed by atoms with Crippen molar-refractivity contribution in [1.82, 2.24) is 4.90 Å². The maximum Gasteiger partial charge on any atom is 0.222 e. The van der Waals surface area contributed by atoms with Crippen LogP contribution in [0.25, 0.3) is 0 Å². The van der Waals surface area contributed by atoms with Crippen molar-refractivity contribution >= 4 is 5.91 Å². The van der Waals surface area contributed by atoms with E-state index in [4.69, 9.17) is 10.5 Å². The van der Waals surface area contributed by atoms with Gasteiger partial charge in [-0.05, 0) is 32.1 Å². The first kappa shape index (κ1) is 12.8. The third kappa shape index (κ3) is 3.42. The van der Waals surface area contributed by atoms with Gasteiger partial charge in [0.2, 0.25) is 5.91 Å². The monoisotopic (exact) mass is 240 g/mol. The second-order valence-electron chi connectivity index (χ2n) is 5.43. The van der Waals surface area contributed by atoms with Crippen LogP contribution in [0.4, 0.5) is 0 Å². The molecule has 3 atom stereocenters. The lowest BCUT2D eigenvalue weighted by Gasteiger charge is -2.24. The fraction of sp³-hybridized carbons (Fsp3) is 0.923. The smallest absolute Gasteiger partial charge is 0.222 e. The molecule has 2 aliphatic rings. The van der Waals surface area contributed by atoms with Crippen LogP contribution in [-0.2, 0) is 9.53 Å². The van der Waals surface area contributed by atoms with E-state index in [2.05, 4.69) is 0 Å². The number of carbonyl (C=O) groups is 1. The van der Waals surface area contributed by atoms with Crippen LogP contribution in [0.5, 0.6) is 0 Å². The summed E-state index contributed by atoms with van der Waals surface area (Å²) in [6, 6.07) is 0.236. The minimum absolute atomic E-state index is 0.165. The second-order valence-corrected chi connectivity index (χ2v) is 5.43. The van der Waals surface area contributed by atoms with Crippen LogP contribution in [0.3, 0.4) is 0 Å². The van der Waals surface area contributed by atoms with Crippen LogP contribution >= 0.6 is 0 Å². The van der Waals surface area contributed by atoms with E-state index in [0.717, 1.165) is 39.0 Å². The van der Waals surface area contributed by atoms with Gasteiger partial charge >= 0.3 is 0 Å². The van der Waals surface area contributed by atoms with Gasteiger partial charge in [0.25, 0.3) is 0 Å². The van der Waals surface area contributed by atoms with Crippen molar-refractivity contribution in [2.75, 3.05) is 19.7 Å². The Hall–Kier alpha value is -0.610. The minimum Gasteiger partial charge on any atom is -0.377 e. The molecule has 98 valence electrons. The summed E-state index contributed by atoms with van der Waals surface area (Å²) in [7, 11) is 0. The maximum absolute atomic E-state index is 12.2. The average Bonchev–Trinajstić information content (AvgIpc) is 2.57. The molecule has 1 saturated heterocycles. The summed E-state index contributed by atoms with van der Waals surface area (Å²) in [5.74, 6) is 0.673. The molecule has 1 unspecified atom stereocenters. The molecule has 4 heteroatoms.